The van der Waals surface area contributed by atoms with Crippen LogP contribution < -0.4 is 10.6 Å². The topological polar surface area (TPSA) is 85.0 Å². The predicted octanol–water partition coefficient (Wildman–Crippen LogP) is 3.70. The number of halogens is 2. The molecule has 244 valence electrons. The summed E-state index contributed by atoms with van der Waals surface area (Å²) in [5.74, 6) is -2.80. The molecule has 2 N–H and O–H groups in total. The van der Waals surface area contributed by atoms with Crippen LogP contribution in [-0.4, -0.2) is 101 Å². The predicted molar refractivity (Wildman–Crippen MR) is 166 cm³/mol. The Morgan fingerprint density at radius 3 is 2.27 bits per heavy atom. The van der Waals surface area contributed by atoms with E-state index < -0.39 is 35.1 Å². The number of rotatable bonds is 6. The highest BCUT2D eigenvalue weighted by atomic mass is 19.1. The zero-order chi connectivity index (χ0) is 32.0. The third-order valence-corrected chi connectivity index (χ3v) is 10.8. The van der Waals surface area contributed by atoms with E-state index >= 15 is 9.18 Å². The van der Waals surface area contributed by atoms with Crippen molar-refractivity contribution in [2.24, 2.45) is 11.3 Å². The minimum absolute atomic E-state index is 0.0432. The Morgan fingerprint density at radius 2 is 1.68 bits per heavy atom. The number of hydrogen-bond donors (Lipinski definition) is 2. The van der Waals surface area contributed by atoms with Gasteiger partial charge in [0.2, 0.25) is 11.8 Å². The second-order valence-electron chi connectivity index (χ2n) is 15.3. The van der Waals surface area contributed by atoms with Crippen molar-refractivity contribution in [1.82, 2.24) is 25.3 Å². The van der Waals surface area contributed by atoms with Gasteiger partial charge in [0.15, 0.2) is 5.78 Å². The van der Waals surface area contributed by atoms with Gasteiger partial charge in [0.25, 0.3) is 0 Å². The molecule has 4 aliphatic rings. The summed E-state index contributed by atoms with van der Waals surface area (Å²) in [5, 5.41) is 6.67. The third-order valence-electron chi connectivity index (χ3n) is 10.8. The molecule has 44 heavy (non-hydrogen) atoms. The third kappa shape index (κ3) is 6.44. The zero-order valence-electron chi connectivity index (χ0n) is 27.3. The summed E-state index contributed by atoms with van der Waals surface area (Å²) in [4.78, 5) is 48.6. The SMILES string of the molecule is CC(=O)N(C1CCC(C)(C)CC1)[C@]1(C(=O)[C@@H]2CN(C(C)(C)C)C[C@H]2c2ccc(F)cc2F)CN[C@H](C(=O)N2CCNCC2)C1. The smallest absolute Gasteiger partial charge is 0.239 e. The zero-order valence-corrected chi connectivity index (χ0v) is 27.3. The van der Waals surface area contributed by atoms with Crippen molar-refractivity contribution >= 4 is 17.6 Å². The van der Waals surface area contributed by atoms with Gasteiger partial charge in [0.1, 0.15) is 17.2 Å². The molecule has 5 rings (SSSR count). The first-order chi connectivity index (χ1) is 20.6. The van der Waals surface area contributed by atoms with Crippen LogP contribution in [0.4, 0.5) is 8.78 Å². The number of benzene rings is 1. The lowest BCUT2D eigenvalue weighted by Crippen LogP contribution is -2.64. The molecule has 4 fully saturated rings. The largest absolute Gasteiger partial charge is 0.339 e. The van der Waals surface area contributed by atoms with Crippen LogP contribution in [0.3, 0.4) is 0 Å². The molecule has 4 atom stereocenters. The van der Waals surface area contributed by atoms with Crippen LogP contribution in [0, 0.1) is 23.0 Å². The molecular weight excluding hydrogens is 564 g/mol. The average molecular weight is 616 g/mol. The van der Waals surface area contributed by atoms with Gasteiger partial charge in [-0.05, 0) is 63.5 Å². The molecule has 0 aromatic heterocycles. The Labute approximate surface area is 261 Å². The van der Waals surface area contributed by atoms with Gasteiger partial charge in [-0.25, -0.2) is 8.78 Å². The molecule has 3 heterocycles. The van der Waals surface area contributed by atoms with Gasteiger partial charge in [-0.1, -0.05) is 19.9 Å². The van der Waals surface area contributed by atoms with Crippen molar-refractivity contribution in [2.45, 2.75) is 103 Å². The molecule has 1 aliphatic carbocycles. The number of piperazine rings is 1. The lowest BCUT2D eigenvalue weighted by molar-refractivity contribution is -0.152. The van der Waals surface area contributed by atoms with Crippen LogP contribution in [0.25, 0.3) is 0 Å². The van der Waals surface area contributed by atoms with Crippen molar-refractivity contribution in [3.63, 3.8) is 0 Å². The summed E-state index contributed by atoms with van der Waals surface area (Å²) >= 11 is 0. The minimum Gasteiger partial charge on any atom is -0.339 e. The quantitative estimate of drug-likeness (QED) is 0.508. The highest BCUT2D eigenvalue weighted by Crippen LogP contribution is 2.45. The molecule has 2 amide bonds. The molecule has 1 saturated carbocycles. The second-order valence-corrected chi connectivity index (χ2v) is 15.3. The molecule has 0 unspecified atom stereocenters. The van der Waals surface area contributed by atoms with Crippen molar-refractivity contribution in [3.8, 4) is 0 Å². The van der Waals surface area contributed by atoms with Gasteiger partial charge >= 0.3 is 0 Å². The van der Waals surface area contributed by atoms with Crippen LogP contribution in [-0.2, 0) is 14.4 Å². The first-order valence-electron chi connectivity index (χ1n) is 16.4. The Hall–Kier alpha value is -2.43. The van der Waals surface area contributed by atoms with Crippen LogP contribution >= 0.6 is 0 Å². The molecule has 10 heteroatoms. The van der Waals surface area contributed by atoms with E-state index in [-0.39, 0.29) is 47.6 Å². The normalized spacial score (nSPS) is 30.0. The highest BCUT2D eigenvalue weighted by molar-refractivity contribution is 5.97. The fraction of sp³-hybridized carbons (Fsp3) is 0.735. The Bertz CT molecular complexity index is 1250. The van der Waals surface area contributed by atoms with Crippen molar-refractivity contribution in [1.29, 1.82) is 0 Å². The van der Waals surface area contributed by atoms with Crippen molar-refractivity contribution < 1.29 is 23.2 Å². The number of likely N-dealkylation sites (tertiary alicyclic amines) is 1. The van der Waals surface area contributed by atoms with Gasteiger partial charge in [-0.2, -0.15) is 0 Å². The maximum atomic E-state index is 15.4. The van der Waals surface area contributed by atoms with E-state index in [1.807, 2.05) is 9.80 Å². The summed E-state index contributed by atoms with van der Waals surface area (Å²) in [6, 6.07) is 2.88. The molecule has 0 radical (unpaired) electrons. The van der Waals surface area contributed by atoms with Gasteiger partial charge in [-0.15, -0.1) is 0 Å². The summed E-state index contributed by atoms with van der Waals surface area (Å²) in [6.07, 6.45) is 3.64. The van der Waals surface area contributed by atoms with Crippen LogP contribution in [0.5, 0.6) is 0 Å². The number of hydrogen-bond acceptors (Lipinski definition) is 6. The Kier molecular flexibility index (Phi) is 9.29. The highest BCUT2D eigenvalue weighted by Gasteiger charge is 2.59. The number of amides is 2. The van der Waals surface area contributed by atoms with Gasteiger partial charge in [-0.3, -0.25) is 19.3 Å². The number of nitrogens with one attached hydrogen (secondary N) is 2. The van der Waals surface area contributed by atoms with Crippen LogP contribution in [0.2, 0.25) is 0 Å². The molecule has 3 saturated heterocycles. The maximum absolute atomic E-state index is 15.4. The van der Waals surface area contributed by atoms with Gasteiger partial charge in [0, 0.05) is 88.6 Å². The van der Waals surface area contributed by atoms with E-state index in [1.165, 1.54) is 19.1 Å². The van der Waals surface area contributed by atoms with Crippen molar-refractivity contribution in [3.05, 3.63) is 35.4 Å². The van der Waals surface area contributed by atoms with Crippen molar-refractivity contribution in [2.75, 3.05) is 45.8 Å². The minimum atomic E-state index is -1.25. The Morgan fingerprint density at radius 1 is 1.02 bits per heavy atom. The average Bonchev–Trinajstić information content (AvgIpc) is 3.60. The number of Topliss-reactive ketones (excluding diaryl/α,β-unsaturated/α-hetero) is 1. The molecular formula is C34H51F2N5O3. The summed E-state index contributed by atoms with van der Waals surface area (Å²) in [5.41, 5.74) is -1.06. The first-order valence-corrected chi connectivity index (χ1v) is 16.4. The van der Waals surface area contributed by atoms with E-state index in [0.29, 0.717) is 31.7 Å². The molecule has 1 aromatic carbocycles. The van der Waals surface area contributed by atoms with E-state index in [0.717, 1.165) is 44.8 Å². The molecule has 8 nitrogen and oxygen atoms in total. The number of carbonyl (C=O) groups excluding carboxylic acids is 3. The first kappa shape index (κ1) is 32.9. The number of nitrogens with zero attached hydrogens (tertiary/aromatic N) is 3. The lowest BCUT2D eigenvalue weighted by Gasteiger charge is -2.49. The van der Waals surface area contributed by atoms with Gasteiger partial charge in [0.05, 0.1) is 6.04 Å². The number of carbonyl (C=O) groups is 3. The molecule has 3 aliphatic heterocycles. The standard InChI is InChI=1S/C34H51F2N5O3/c1-22(42)41(24-9-11-33(5,6)12-10-24)34(18-29(38-21-34)31(44)39-15-13-37-14-16-39)30(43)27-20-40(32(2,3)4)19-26(27)25-8-7-23(35)17-28(25)36/h7-8,17,24,26-27,29,37-38H,9-16,18-21H2,1-6H3/t26-,27+,29-,34-/m0/s1. The number of ketones is 1. The van der Waals surface area contributed by atoms with E-state index in [1.54, 1.807) is 0 Å². The summed E-state index contributed by atoms with van der Waals surface area (Å²) < 4.78 is 29.3. The fourth-order valence-electron chi connectivity index (χ4n) is 8.17. The molecule has 0 bridgehead atoms. The Balaban J connectivity index is 1.55. The fourth-order valence-corrected chi connectivity index (χ4v) is 8.17. The monoisotopic (exact) mass is 615 g/mol. The lowest BCUT2D eigenvalue weighted by atomic mass is 9.72. The van der Waals surface area contributed by atoms with E-state index in [9.17, 15) is 14.0 Å². The summed E-state index contributed by atoms with van der Waals surface area (Å²) in [6.45, 7) is 15.9. The second kappa shape index (κ2) is 12.4. The van der Waals surface area contributed by atoms with Crippen LogP contribution in [0.15, 0.2) is 18.2 Å². The molecule has 1 aromatic rings. The molecule has 0 spiro atoms. The van der Waals surface area contributed by atoms with E-state index in [2.05, 4.69) is 50.2 Å². The van der Waals surface area contributed by atoms with Crippen LogP contribution in [0.1, 0.15) is 85.1 Å². The maximum Gasteiger partial charge on any atom is 0.239 e. The van der Waals surface area contributed by atoms with Gasteiger partial charge < -0.3 is 20.4 Å². The van der Waals surface area contributed by atoms with E-state index in [4.69, 9.17) is 0 Å². The summed E-state index contributed by atoms with van der Waals surface area (Å²) in [7, 11) is 0.